The number of fused-ring (bicyclic) bond motifs is 1. The van der Waals surface area contributed by atoms with E-state index in [1.54, 1.807) is 51.1 Å². The summed E-state index contributed by atoms with van der Waals surface area (Å²) in [5.41, 5.74) is -5.48. The monoisotopic (exact) mass is 626 g/mol. The third-order valence-corrected chi connectivity index (χ3v) is 7.82. The van der Waals surface area contributed by atoms with E-state index in [4.69, 9.17) is 14.2 Å². The van der Waals surface area contributed by atoms with Crippen LogP contribution in [0.15, 0.2) is 42.5 Å². The van der Waals surface area contributed by atoms with Crippen molar-refractivity contribution < 1.29 is 50.9 Å². The highest BCUT2D eigenvalue weighted by molar-refractivity contribution is 6.07. The van der Waals surface area contributed by atoms with Gasteiger partial charge in [0.1, 0.15) is 17.9 Å². The Morgan fingerprint density at radius 3 is 2.23 bits per heavy atom. The molecule has 2 N–H and O–H groups in total. The molecule has 44 heavy (non-hydrogen) atoms. The van der Waals surface area contributed by atoms with Gasteiger partial charge in [0.15, 0.2) is 11.5 Å². The van der Waals surface area contributed by atoms with Crippen LogP contribution in [0.25, 0.3) is 0 Å². The Labute approximate surface area is 251 Å². The molecule has 2 heterocycles. The molecular formula is C31H35F5N2O6. The fourth-order valence-electron chi connectivity index (χ4n) is 5.46. The van der Waals surface area contributed by atoms with E-state index in [0.29, 0.717) is 29.9 Å². The number of nitrogens with zero attached hydrogens (tertiary/aromatic N) is 1. The summed E-state index contributed by atoms with van der Waals surface area (Å²) >= 11 is 0. The van der Waals surface area contributed by atoms with Crippen molar-refractivity contribution in [3.8, 4) is 17.2 Å². The van der Waals surface area contributed by atoms with Gasteiger partial charge in [-0.25, -0.2) is 13.6 Å². The minimum Gasteiger partial charge on any atom is -0.489 e. The van der Waals surface area contributed by atoms with Crippen LogP contribution in [0.3, 0.4) is 0 Å². The van der Waals surface area contributed by atoms with Gasteiger partial charge in [0.2, 0.25) is 12.4 Å². The normalized spacial score (nSPS) is 19.6. The number of hydrogen-bond acceptors (Lipinski definition) is 6. The van der Waals surface area contributed by atoms with E-state index in [0.717, 1.165) is 17.0 Å². The standard InChI is InChI=1S/C31H35F5N2O6/c1-4-9-19-15-22(30(41,26(32)33)31(34,35)36)16-20(10-5-2)25(19)42-14-8-7-13-38-27(39)29(6-3,37-28(38)40)21-11-12-23-24(17-21)44-18-43-23/h7-8,11-12,15-17,26,41H,4-6,9-10,13-14,18H2,1-3H3,(H,37,40). The summed E-state index contributed by atoms with van der Waals surface area (Å²) < 4.78 is 84.8. The smallest absolute Gasteiger partial charge is 0.427 e. The molecule has 0 aromatic heterocycles. The molecule has 1 saturated heterocycles. The van der Waals surface area contributed by atoms with Gasteiger partial charge in [0.05, 0.1) is 0 Å². The van der Waals surface area contributed by atoms with Crippen LogP contribution in [0.2, 0.25) is 0 Å². The summed E-state index contributed by atoms with van der Waals surface area (Å²) in [6.07, 6.45) is -4.90. The predicted molar refractivity (Wildman–Crippen MR) is 150 cm³/mol. The topological polar surface area (TPSA) is 97.3 Å². The predicted octanol–water partition coefficient (Wildman–Crippen LogP) is 6.13. The molecule has 1 fully saturated rings. The molecule has 2 aliphatic heterocycles. The molecule has 8 nitrogen and oxygen atoms in total. The number of rotatable bonds is 13. The Morgan fingerprint density at radius 1 is 1.02 bits per heavy atom. The number of nitrogens with one attached hydrogen (secondary N) is 1. The Kier molecular flexibility index (Phi) is 9.77. The first-order chi connectivity index (χ1) is 20.8. The third kappa shape index (κ3) is 5.93. The molecular weight excluding hydrogens is 591 g/mol. The van der Waals surface area contributed by atoms with Crippen molar-refractivity contribution in [1.82, 2.24) is 10.2 Å². The minimum atomic E-state index is -5.60. The van der Waals surface area contributed by atoms with Crippen LogP contribution in [-0.2, 0) is 28.8 Å². The van der Waals surface area contributed by atoms with Crippen molar-refractivity contribution in [2.75, 3.05) is 19.9 Å². The number of aryl methyl sites for hydroxylation is 2. The first-order valence-corrected chi connectivity index (χ1v) is 14.4. The van der Waals surface area contributed by atoms with Gasteiger partial charge in [-0.15, -0.1) is 0 Å². The zero-order chi connectivity index (χ0) is 32.3. The zero-order valence-electron chi connectivity index (χ0n) is 24.6. The molecule has 240 valence electrons. The van der Waals surface area contributed by atoms with E-state index < -0.39 is 41.2 Å². The van der Waals surface area contributed by atoms with E-state index in [9.17, 15) is 36.6 Å². The fraction of sp³-hybridized carbons (Fsp3) is 0.484. The van der Waals surface area contributed by atoms with Crippen molar-refractivity contribution in [1.29, 1.82) is 0 Å². The highest BCUT2D eigenvalue weighted by atomic mass is 19.4. The van der Waals surface area contributed by atoms with Crippen LogP contribution in [-0.4, -0.2) is 54.5 Å². The Balaban J connectivity index is 1.51. The summed E-state index contributed by atoms with van der Waals surface area (Å²) in [5.74, 6) is 0.823. The van der Waals surface area contributed by atoms with Crippen LogP contribution in [0.1, 0.15) is 62.3 Å². The van der Waals surface area contributed by atoms with Gasteiger partial charge < -0.3 is 24.6 Å². The SMILES string of the molecule is CCCc1cc(C(O)(C(F)F)C(F)(F)F)cc(CCC)c1OCC=CCN1C(=O)NC(CC)(c2ccc3c(c2)OCO3)C1=O. The van der Waals surface area contributed by atoms with Gasteiger partial charge >= 0.3 is 12.2 Å². The third-order valence-electron chi connectivity index (χ3n) is 7.82. The van der Waals surface area contributed by atoms with Gasteiger partial charge in [-0.05, 0) is 71.9 Å². The molecule has 2 unspecified atom stereocenters. The van der Waals surface area contributed by atoms with E-state index in [1.807, 2.05) is 0 Å². The number of imide groups is 1. The molecule has 3 amide bonds. The molecule has 0 aliphatic carbocycles. The quantitative estimate of drug-likeness (QED) is 0.158. The second-order valence-corrected chi connectivity index (χ2v) is 10.6. The number of carbonyl (C=O) groups is 2. The second-order valence-electron chi connectivity index (χ2n) is 10.6. The van der Waals surface area contributed by atoms with E-state index in [1.165, 1.54) is 0 Å². The second kappa shape index (κ2) is 13.0. The van der Waals surface area contributed by atoms with Gasteiger partial charge in [-0.2, -0.15) is 13.2 Å². The lowest BCUT2D eigenvalue weighted by Crippen LogP contribution is -2.48. The molecule has 13 heteroatoms. The number of amides is 3. The molecule has 0 bridgehead atoms. The van der Waals surface area contributed by atoms with Crippen LogP contribution in [0.4, 0.5) is 26.7 Å². The number of hydrogen-bond donors (Lipinski definition) is 2. The van der Waals surface area contributed by atoms with Crippen LogP contribution < -0.4 is 19.5 Å². The maximum Gasteiger partial charge on any atom is 0.427 e. The Bertz CT molecular complexity index is 1390. The van der Waals surface area contributed by atoms with Crippen molar-refractivity contribution in [2.24, 2.45) is 0 Å². The van der Waals surface area contributed by atoms with Crippen molar-refractivity contribution in [3.05, 3.63) is 64.7 Å². The van der Waals surface area contributed by atoms with E-state index in [2.05, 4.69) is 5.32 Å². The number of benzene rings is 2. The Morgan fingerprint density at radius 2 is 1.66 bits per heavy atom. The fourth-order valence-corrected chi connectivity index (χ4v) is 5.46. The largest absolute Gasteiger partial charge is 0.489 e. The van der Waals surface area contributed by atoms with Crippen molar-refractivity contribution >= 4 is 11.9 Å². The number of ether oxygens (including phenoxy) is 3. The van der Waals surface area contributed by atoms with Gasteiger partial charge in [0, 0.05) is 6.54 Å². The van der Waals surface area contributed by atoms with Crippen LogP contribution >= 0.6 is 0 Å². The molecule has 2 aliphatic rings. The summed E-state index contributed by atoms with van der Waals surface area (Å²) in [4.78, 5) is 27.4. The number of carbonyl (C=O) groups excluding carboxylic acids is 2. The van der Waals surface area contributed by atoms with Crippen molar-refractivity contribution in [2.45, 2.75) is 76.6 Å². The molecule has 2 aromatic rings. The maximum absolute atomic E-state index is 13.6. The van der Waals surface area contributed by atoms with Crippen LogP contribution in [0, 0.1) is 0 Å². The summed E-state index contributed by atoms with van der Waals surface area (Å²) in [7, 11) is 0. The van der Waals surface area contributed by atoms with Gasteiger partial charge in [-0.1, -0.05) is 45.8 Å². The van der Waals surface area contributed by atoms with Crippen LogP contribution in [0.5, 0.6) is 17.2 Å². The summed E-state index contributed by atoms with van der Waals surface area (Å²) in [6, 6.07) is 6.32. The van der Waals surface area contributed by atoms with Gasteiger partial charge in [0.25, 0.3) is 12.3 Å². The lowest BCUT2D eigenvalue weighted by atomic mass is 9.87. The number of halogens is 5. The number of aliphatic hydroxyl groups is 1. The number of urea groups is 1. The van der Waals surface area contributed by atoms with E-state index in [-0.39, 0.29) is 56.1 Å². The molecule has 2 atom stereocenters. The van der Waals surface area contributed by atoms with E-state index >= 15 is 0 Å². The number of alkyl halides is 5. The summed E-state index contributed by atoms with van der Waals surface area (Å²) in [5, 5.41) is 12.9. The van der Waals surface area contributed by atoms with Gasteiger partial charge in [-0.3, -0.25) is 9.69 Å². The highest BCUT2D eigenvalue weighted by Gasteiger charge is 2.62. The zero-order valence-corrected chi connectivity index (χ0v) is 24.6. The first kappa shape index (κ1) is 33.0. The lowest BCUT2D eigenvalue weighted by Gasteiger charge is -2.31. The van der Waals surface area contributed by atoms with Crippen molar-refractivity contribution in [3.63, 3.8) is 0 Å². The average Bonchev–Trinajstić information content (AvgIpc) is 3.54. The highest BCUT2D eigenvalue weighted by Crippen LogP contribution is 2.46. The Hall–Kier alpha value is -3.87. The first-order valence-electron chi connectivity index (χ1n) is 14.4. The average molecular weight is 627 g/mol. The lowest BCUT2D eigenvalue weighted by molar-refractivity contribution is -0.305. The summed E-state index contributed by atoms with van der Waals surface area (Å²) in [6.45, 7) is 5.24. The molecule has 0 spiro atoms. The molecule has 0 saturated carbocycles. The minimum absolute atomic E-state index is 0.0622. The molecule has 2 aromatic carbocycles. The molecule has 0 radical (unpaired) electrons. The maximum atomic E-state index is 13.6. The molecule has 4 rings (SSSR count).